The smallest absolute Gasteiger partial charge is 0.328 e. The molecule has 5 unspecified atom stereocenters. The lowest BCUT2D eigenvalue weighted by molar-refractivity contribution is -0.144. The van der Waals surface area contributed by atoms with Gasteiger partial charge in [0.25, 0.3) is 0 Å². The third-order valence-electron chi connectivity index (χ3n) is 4.98. The summed E-state index contributed by atoms with van der Waals surface area (Å²) in [6.07, 6.45) is 2.45. The van der Waals surface area contributed by atoms with Gasteiger partial charge in [-0.05, 0) is 5.92 Å². The fourth-order valence-corrected chi connectivity index (χ4v) is 2.72. The van der Waals surface area contributed by atoms with E-state index in [1.807, 2.05) is 12.2 Å². The number of carboxylic acids is 2. The first-order chi connectivity index (χ1) is 15.5. The van der Waals surface area contributed by atoms with Crippen molar-refractivity contribution in [1.82, 2.24) is 25.9 Å². The van der Waals surface area contributed by atoms with Gasteiger partial charge in [0.05, 0.1) is 25.4 Å². The Morgan fingerprint density at radius 2 is 1.61 bits per heavy atom. The molecule has 14 heteroatoms. The van der Waals surface area contributed by atoms with Crippen molar-refractivity contribution in [3.63, 3.8) is 0 Å². The van der Waals surface area contributed by atoms with E-state index in [4.69, 9.17) is 21.1 Å². The van der Waals surface area contributed by atoms with Gasteiger partial charge < -0.3 is 42.0 Å². The minimum atomic E-state index is -1.69. The lowest BCUT2D eigenvalue weighted by Crippen LogP contribution is -2.58. The Labute approximate surface area is 189 Å². The van der Waals surface area contributed by atoms with E-state index in [1.54, 1.807) is 6.92 Å². The van der Waals surface area contributed by atoms with Crippen molar-refractivity contribution < 1.29 is 39.3 Å². The van der Waals surface area contributed by atoms with Crippen LogP contribution < -0.4 is 21.7 Å². The lowest BCUT2D eigenvalue weighted by atomic mass is 9.98. The maximum absolute atomic E-state index is 12.9. The molecule has 14 nitrogen and oxygen atoms in total. The third-order valence-corrected chi connectivity index (χ3v) is 4.98. The van der Waals surface area contributed by atoms with Gasteiger partial charge in [0.15, 0.2) is 0 Å². The SMILES string of the molecule is CCC(C)C(N)C(=O)NC(Cc1cnc[nH]1)C(=O)NC(CC(=O)O)C(=O)NC(CO)C(=O)O. The van der Waals surface area contributed by atoms with Crippen molar-refractivity contribution in [2.45, 2.75) is 57.3 Å². The summed E-state index contributed by atoms with van der Waals surface area (Å²) in [5, 5.41) is 33.8. The Morgan fingerprint density at radius 3 is 2.09 bits per heavy atom. The Bertz CT molecular complexity index is 830. The van der Waals surface area contributed by atoms with Gasteiger partial charge in [0.1, 0.15) is 18.1 Å². The molecule has 0 saturated carbocycles. The Morgan fingerprint density at radius 1 is 1.03 bits per heavy atom. The number of aromatic nitrogens is 2. The number of rotatable bonds is 14. The number of carbonyl (C=O) groups excluding carboxylic acids is 3. The number of nitrogens with two attached hydrogens (primary N) is 1. The Kier molecular flexibility index (Phi) is 10.9. The standard InChI is InChI=1S/C19H30N6O8/c1-3-9(2)15(20)18(31)24-11(4-10-6-21-8-22-10)16(29)23-12(5-14(27)28)17(30)25-13(7-26)19(32)33/h6,8-9,11-13,15,26H,3-5,7,20H2,1-2H3,(H,21,22)(H,23,29)(H,24,31)(H,25,30)(H,27,28)(H,32,33). The van der Waals surface area contributed by atoms with Crippen LogP contribution in [0.4, 0.5) is 0 Å². The van der Waals surface area contributed by atoms with Gasteiger partial charge >= 0.3 is 11.9 Å². The summed E-state index contributed by atoms with van der Waals surface area (Å²) >= 11 is 0. The minimum absolute atomic E-state index is 0.0688. The lowest BCUT2D eigenvalue weighted by Gasteiger charge is -2.25. The normalized spacial score (nSPS) is 15.4. The first-order valence-corrected chi connectivity index (χ1v) is 10.2. The number of nitrogens with one attached hydrogen (secondary N) is 4. The highest BCUT2D eigenvalue weighted by molar-refractivity contribution is 5.95. The predicted octanol–water partition coefficient (Wildman–Crippen LogP) is -2.67. The van der Waals surface area contributed by atoms with E-state index in [0.29, 0.717) is 12.1 Å². The van der Waals surface area contributed by atoms with Crippen LogP contribution in [0.15, 0.2) is 12.5 Å². The number of imidazole rings is 1. The largest absolute Gasteiger partial charge is 0.481 e. The zero-order valence-corrected chi connectivity index (χ0v) is 18.3. The van der Waals surface area contributed by atoms with Gasteiger partial charge in [0, 0.05) is 18.3 Å². The molecule has 0 radical (unpaired) electrons. The molecule has 1 aromatic heterocycles. The van der Waals surface area contributed by atoms with Gasteiger partial charge in [-0.15, -0.1) is 0 Å². The molecule has 0 spiro atoms. The molecule has 1 rings (SSSR count). The molecular formula is C19H30N6O8. The molecule has 0 aliphatic heterocycles. The van der Waals surface area contributed by atoms with Crippen LogP contribution in [-0.4, -0.2) is 85.7 Å². The second kappa shape index (κ2) is 13.1. The van der Waals surface area contributed by atoms with Crippen molar-refractivity contribution in [2.24, 2.45) is 11.7 Å². The molecule has 0 saturated heterocycles. The Hall–Kier alpha value is -3.52. The maximum atomic E-state index is 12.9. The van der Waals surface area contributed by atoms with Crippen LogP contribution in [0.25, 0.3) is 0 Å². The summed E-state index contributed by atoms with van der Waals surface area (Å²) in [6, 6.07) is -5.52. The highest BCUT2D eigenvalue weighted by Gasteiger charge is 2.32. The molecule has 3 amide bonds. The summed E-state index contributed by atoms with van der Waals surface area (Å²) in [4.78, 5) is 66.7. The molecule has 0 fully saturated rings. The molecule has 9 N–H and O–H groups in total. The van der Waals surface area contributed by atoms with E-state index in [1.165, 1.54) is 12.5 Å². The second-order valence-electron chi connectivity index (χ2n) is 7.49. The van der Waals surface area contributed by atoms with Gasteiger partial charge in [-0.3, -0.25) is 19.2 Å². The van der Waals surface area contributed by atoms with Crippen LogP contribution >= 0.6 is 0 Å². The van der Waals surface area contributed by atoms with Gasteiger partial charge in [-0.2, -0.15) is 0 Å². The molecule has 33 heavy (non-hydrogen) atoms. The molecule has 5 atom stereocenters. The van der Waals surface area contributed by atoms with Crippen LogP contribution in [0.1, 0.15) is 32.4 Å². The van der Waals surface area contributed by atoms with Crippen LogP contribution in [0.5, 0.6) is 0 Å². The number of nitrogens with zero attached hydrogens (tertiary/aromatic N) is 1. The molecule has 0 aliphatic rings. The molecular weight excluding hydrogens is 440 g/mol. The van der Waals surface area contributed by atoms with Crippen molar-refractivity contribution in [2.75, 3.05) is 6.61 Å². The first kappa shape index (κ1) is 27.5. The number of hydrogen-bond donors (Lipinski definition) is 8. The number of carbonyl (C=O) groups is 5. The monoisotopic (exact) mass is 470 g/mol. The van der Waals surface area contributed by atoms with Crippen LogP contribution in [-0.2, 0) is 30.4 Å². The van der Waals surface area contributed by atoms with Crippen molar-refractivity contribution in [3.05, 3.63) is 18.2 Å². The zero-order valence-electron chi connectivity index (χ0n) is 18.3. The molecule has 0 bridgehead atoms. The van der Waals surface area contributed by atoms with E-state index in [-0.39, 0.29) is 12.3 Å². The van der Waals surface area contributed by atoms with E-state index in [2.05, 4.69) is 20.6 Å². The summed E-state index contributed by atoms with van der Waals surface area (Å²) < 4.78 is 0. The summed E-state index contributed by atoms with van der Waals surface area (Å²) in [5.41, 5.74) is 6.39. The number of carboxylic acid groups (broad SMARTS) is 2. The zero-order chi connectivity index (χ0) is 25.1. The summed E-state index contributed by atoms with van der Waals surface area (Å²) in [7, 11) is 0. The highest BCUT2D eigenvalue weighted by atomic mass is 16.4. The van der Waals surface area contributed by atoms with Crippen LogP contribution in [0.2, 0.25) is 0 Å². The molecule has 1 heterocycles. The van der Waals surface area contributed by atoms with Gasteiger partial charge in [0.2, 0.25) is 17.7 Å². The highest BCUT2D eigenvalue weighted by Crippen LogP contribution is 2.07. The average Bonchev–Trinajstić information content (AvgIpc) is 3.27. The first-order valence-electron chi connectivity index (χ1n) is 10.2. The average molecular weight is 470 g/mol. The van der Waals surface area contributed by atoms with E-state index in [0.717, 1.165) is 0 Å². The number of H-pyrrole nitrogens is 1. The number of amides is 3. The van der Waals surface area contributed by atoms with Crippen molar-refractivity contribution in [3.8, 4) is 0 Å². The van der Waals surface area contributed by atoms with E-state index >= 15 is 0 Å². The number of aliphatic hydroxyl groups is 1. The van der Waals surface area contributed by atoms with Gasteiger partial charge in [-0.1, -0.05) is 20.3 Å². The number of hydrogen-bond acceptors (Lipinski definition) is 8. The number of aliphatic carboxylic acids is 2. The van der Waals surface area contributed by atoms with E-state index in [9.17, 15) is 24.0 Å². The number of aromatic amines is 1. The van der Waals surface area contributed by atoms with Crippen LogP contribution in [0, 0.1) is 5.92 Å². The fraction of sp³-hybridized carbons (Fsp3) is 0.579. The van der Waals surface area contributed by atoms with E-state index < -0.39 is 66.9 Å². The second-order valence-corrected chi connectivity index (χ2v) is 7.49. The summed E-state index contributed by atoms with van der Waals surface area (Å²) in [6.45, 7) is 2.67. The van der Waals surface area contributed by atoms with Gasteiger partial charge in [-0.25, -0.2) is 9.78 Å². The molecule has 1 aromatic rings. The summed E-state index contributed by atoms with van der Waals surface area (Å²) in [5.74, 6) is -5.82. The third kappa shape index (κ3) is 8.86. The quantitative estimate of drug-likeness (QED) is 0.140. The minimum Gasteiger partial charge on any atom is -0.481 e. The van der Waals surface area contributed by atoms with Crippen molar-refractivity contribution in [1.29, 1.82) is 0 Å². The maximum Gasteiger partial charge on any atom is 0.328 e. The number of aliphatic hydroxyl groups excluding tert-OH is 1. The predicted molar refractivity (Wildman–Crippen MR) is 112 cm³/mol. The fourth-order valence-electron chi connectivity index (χ4n) is 2.72. The molecule has 0 aromatic carbocycles. The topological polar surface area (TPSA) is 237 Å². The molecule has 0 aliphatic carbocycles. The Balaban J connectivity index is 3.05. The van der Waals surface area contributed by atoms with Crippen molar-refractivity contribution >= 4 is 29.7 Å². The molecule has 184 valence electrons. The van der Waals surface area contributed by atoms with Crippen LogP contribution in [0.3, 0.4) is 0 Å².